The number of ether oxygens (including phenoxy) is 1. The number of likely N-dealkylation sites (tertiary alicyclic amines) is 1. The van der Waals surface area contributed by atoms with Crippen molar-refractivity contribution in [2.75, 3.05) is 13.1 Å². The molecule has 2 aromatic heterocycles. The Hall–Kier alpha value is -4.99. The largest absolute Gasteiger partial charge is 0.444 e. The lowest BCUT2D eigenvalue weighted by atomic mass is 9.78. The number of piperidine rings is 1. The van der Waals surface area contributed by atoms with Crippen molar-refractivity contribution in [3.8, 4) is 11.8 Å². The van der Waals surface area contributed by atoms with E-state index in [0.29, 0.717) is 53.9 Å². The Kier molecular flexibility index (Phi) is 7.02. The molecule has 1 aromatic carbocycles. The molecule has 3 atom stereocenters. The zero-order valence-electron chi connectivity index (χ0n) is 25.0. The van der Waals surface area contributed by atoms with Gasteiger partial charge in [-0.2, -0.15) is 0 Å². The van der Waals surface area contributed by atoms with Crippen LogP contribution in [0.25, 0.3) is 11.0 Å². The molecule has 1 spiro atoms. The Balaban J connectivity index is 1.27. The molecule has 3 unspecified atom stereocenters. The minimum atomic E-state index is -0.820. The molecular weight excluding hydrogens is 566 g/mol. The van der Waals surface area contributed by atoms with Gasteiger partial charge in [0.2, 0.25) is 17.7 Å². The van der Waals surface area contributed by atoms with E-state index in [1.54, 1.807) is 63.3 Å². The van der Waals surface area contributed by atoms with E-state index < -0.39 is 35.1 Å². The van der Waals surface area contributed by atoms with Gasteiger partial charge in [-0.25, -0.2) is 19.6 Å². The molecule has 44 heavy (non-hydrogen) atoms. The summed E-state index contributed by atoms with van der Waals surface area (Å²) in [6.45, 7) is 6.26. The average molecular weight is 600 g/mol. The number of nitrogens with zero attached hydrogens (tertiary/aromatic N) is 5. The fourth-order valence-electron chi connectivity index (χ4n) is 6.33. The number of hydrogen-bond acceptors (Lipinski definition) is 8. The summed E-state index contributed by atoms with van der Waals surface area (Å²) in [5.41, 5.74) is 0.451. The third-order valence-corrected chi connectivity index (χ3v) is 8.45. The molecule has 3 aliphatic rings. The second kappa shape index (κ2) is 10.6. The van der Waals surface area contributed by atoms with Crippen LogP contribution >= 0.6 is 0 Å². The van der Waals surface area contributed by atoms with E-state index in [1.165, 1.54) is 9.13 Å². The third-order valence-electron chi connectivity index (χ3n) is 8.45. The molecule has 5 heterocycles. The van der Waals surface area contributed by atoms with E-state index in [-0.39, 0.29) is 30.3 Å². The molecule has 13 heteroatoms. The van der Waals surface area contributed by atoms with Crippen LogP contribution in [0.3, 0.4) is 0 Å². The molecule has 3 fully saturated rings. The van der Waals surface area contributed by atoms with E-state index in [1.807, 2.05) is 0 Å². The lowest BCUT2D eigenvalue weighted by molar-refractivity contribution is -0.135. The van der Waals surface area contributed by atoms with Gasteiger partial charge in [0.1, 0.15) is 17.7 Å². The molecule has 0 aliphatic carbocycles. The van der Waals surface area contributed by atoms with Crippen molar-refractivity contribution < 1.29 is 23.9 Å². The predicted molar refractivity (Wildman–Crippen MR) is 157 cm³/mol. The fourth-order valence-corrected chi connectivity index (χ4v) is 6.33. The first-order valence-corrected chi connectivity index (χ1v) is 14.5. The molecule has 3 aliphatic heterocycles. The second-order valence-corrected chi connectivity index (χ2v) is 12.5. The topological polar surface area (TPSA) is 158 Å². The van der Waals surface area contributed by atoms with E-state index in [2.05, 4.69) is 32.4 Å². The molecule has 228 valence electrons. The van der Waals surface area contributed by atoms with Crippen LogP contribution in [0.4, 0.5) is 4.79 Å². The second-order valence-electron chi connectivity index (χ2n) is 12.5. The van der Waals surface area contributed by atoms with E-state index in [4.69, 9.17) is 4.74 Å². The fraction of sp³-hybridized carbons (Fsp3) is 0.452. The lowest BCUT2D eigenvalue weighted by Gasteiger charge is -2.33. The highest BCUT2D eigenvalue weighted by atomic mass is 16.6. The van der Waals surface area contributed by atoms with Gasteiger partial charge < -0.3 is 10.1 Å². The number of imidazole rings is 1. The highest BCUT2D eigenvalue weighted by Gasteiger charge is 2.58. The number of rotatable bonds is 2. The van der Waals surface area contributed by atoms with Crippen LogP contribution in [-0.2, 0) is 26.2 Å². The van der Waals surface area contributed by atoms with Gasteiger partial charge in [-0.15, -0.1) is 0 Å². The van der Waals surface area contributed by atoms with Gasteiger partial charge in [-0.3, -0.25) is 33.7 Å². The number of amides is 4. The smallest absolute Gasteiger partial charge is 0.410 e. The number of carbonyl (C=O) groups excluding carboxylic acids is 4. The highest BCUT2D eigenvalue weighted by Crippen LogP contribution is 2.51. The number of fused-ring (bicyclic) bond motifs is 1. The maximum absolute atomic E-state index is 13.1. The van der Waals surface area contributed by atoms with Gasteiger partial charge in [0.15, 0.2) is 5.82 Å². The molecular formula is C31H33N7O6. The van der Waals surface area contributed by atoms with Crippen LogP contribution in [-0.4, -0.2) is 66.5 Å². The summed E-state index contributed by atoms with van der Waals surface area (Å²) in [5, 5.41) is 5.21. The SMILES string of the molecule is Cn1c(=O)n(C2CCC(=O)NC2=O)c2ccc(C#Cc3cnc(C4N(C(=O)OC(C)(C)C)CCC45CCNC5=O)nc3)cc21. The zero-order chi connectivity index (χ0) is 31.4. The summed E-state index contributed by atoms with van der Waals surface area (Å²) < 4.78 is 8.51. The van der Waals surface area contributed by atoms with Crippen molar-refractivity contribution in [3.63, 3.8) is 0 Å². The molecule has 6 rings (SSSR count). The van der Waals surface area contributed by atoms with Gasteiger partial charge in [-0.1, -0.05) is 11.8 Å². The minimum absolute atomic E-state index is 0.114. The van der Waals surface area contributed by atoms with Crippen molar-refractivity contribution in [1.82, 2.24) is 34.6 Å². The van der Waals surface area contributed by atoms with Crippen molar-refractivity contribution in [3.05, 3.63) is 58.0 Å². The number of aryl methyl sites for hydroxylation is 1. The Morgan fingerprint density at radius 3 is 2.43 bits per heavy atom. The van der Waals surface area contributed by atoms with Crippen molar-refractivity contribution in [2.24, 2.45) is 12.5 Å². The Bertz CT molecular complexity index is 1820. The zero-order valence-corrected chi connectivity index (χ0v) is 25.0. The van der Waals surface area contributed by atoms with E-state index in [9.17, 15) is 24.0 Å². The summed E-state index contributed by atoms with van der Waals surface area (Å²) >= 11 is 0. The molecule has 4 amide bonds. The maximum Gasteiger partial charge on any atom is 0.410 e. The molecule has 0 bridgehead atoms. The van der Waals surface area contributed by atoms with Crippen molar-refractivity contribution in [2.45, 2.75) is 64.1 Å². The van der Waals surface area contributed by atoms with Crippen LogP contribution in [0.2, 0.25) is 0 Å². The number of hydrogen-bond donors (Lipinski definition) is 2. The maximum atomic E-state index is 13.1. The number of carbonyl (C=O) groups is 4. The summed E-state index contributed by atoms with van der Waals surface area (Å²) in [4.78, 5) is 73.9. The summed E-state index contributed by atoms with van der Waals surface area (Å²) in [5.74, 6) is 5.51. The van der Waals surface area contributed by atoms with Crippen LogP contribution in [0.15, 0.2) is 35.4 Å². The lowest BCUT2D eigenvalue weighted by Crippen LogP contribution is -2.44. The Morgan fingerprint density at radius 2 is 1.77 bits per heavy atom. The predicted octanol–water partition coefficient (Wildman–Crippen LogP) is 1.70. The number of benzene rings is 1. The first-order chi connectivity index (χ1) is 20.9. The van der Waals surface area contributed by atoms with Gasteiger partial charge in [-0.05, 0) is 58.2 Å². The third kappa shape index (κ3) is 5.00. The van der Waals surface area contributed by atoms with Gasteiger partial charge in [0, 0.05) is 44.5 Å². The van der Waals surface area contributed by atoms with Crippen molar-refractivity contribution >= 4 is 34.8 Å². The average Bonchev–Trinajstić information content (AvgIpc) is 3.62. The molecule has 3 aromatic rings. The van der Waals surface area contributed by atoms with Gasteiger partial charge in [0.25, 0.3) is 0 Å². The summed E-state index contributed by atoms with van der Waals surface area (Å²) in [6.07, 6.45) is 4.09. The van der Waals surface area contributed by atoms with E-state index >= 15 is 0 Å². The summed E-state index contributed by atoms with van der Waals surface area (Å²) in [6, 6.07) is 3.82. The van der Waals surface area contributed by atoms with Crippen LogP contribution < -0.4 is 16.3 Å². The molecule has 0 radical (unpaired) electrons. The number of imide groups is 1. The van der Waals surface area contributed by atoms with Crippen LogP contribution in [0.5, 0.6) is 0 Å². The van der Waals surface area contributed by atoms with Crippen LogP contribution in [0, 0.1) is 17.3 Å². The first-order valence-electron chi connectivity index (χ1n) is 14.5. The molecule has 13 nitrogen and oxygen atoms in total. The number of aromatic nitrogens is 4. The Labute approximate surface area is 253 Å². The van der Waals surface area contributed by atoms with Gasteiger partial charge in [0.05, 0.1) is 22.0 Å². The minimum Gasteiger partial charge on any atom is -0.444 e. The Morgan fingerprint density at radius 1 is 1.05 bits per heavy atom. The van der Waals surface area contributed by atoms with E-state index in [0.717, 1.165) is 0 Å². The monoisotopic (exact) mass is 599 g/mol. The quantitative estimate of drug-likeness (QED) is 0.333. The van der Waals surface area contributed by atoms with Crippen molar-refractivity contribution in [1.29, 1.82) is 0 Å². The normalized spacial score (nSPS) is 23.5. The molecule has 0 saturated carbocycles. The molecule has 2 N–H and O–H groups in total. The van der Waals surface area contributed by atoms with Crippen LogP contribution in [0.1, 0.15) is 75.5 Å². The summed E-state index contributed by atoms with van der Waals surface area (Å²) in [7, 11) is 1.62. The number of nitrogens with one attached hydrogen (secondary N) is 2. The standard InChI is InChI=1S/C31H33N7O6/c1-30(2,3)44-29(43)37-14-12-31(11-13-32-27(31)41)24(37)25-33-16-19(17-34-25)6-5-18-7-8-20-22(15-18)36(4)28(42)38(20)21-9-10-23(39)35-26(21)40/h7-8,15-17,21,24H,9-14H2,1-4H3,(H,32,41)(H,35,39,40). The first kappa shape index (κ1) is 29.1. The molecule has 3 saturated heterocycles. The van der Waals surface area contributed by atoms with Gasteiger partial charge >= 0.3 is 11.8 Å². The highest BCUT2D eigenvalue weighted by molar-refractivity contribution is 6.00.